The zero-order chi connectivity index (χ0) is 58.9. The Morgan fingerprint density at radius 3 is 1.00 bits per heavy atom. The summed E-state index contributed by atoms with van der Waals surface area (Å²) >= 11 is 6.37. The normalized spacial score (nSPS) is 19.1. The fraction of sp³-hybridized carbons (Fsp3) is 0.381. The van der Waals surface area contributed by atoms with Gasteiger partial charge in [-0.15, -0.1) is 0 Å². The first-order valence-electron chi connectivity index (χ1n) is 21.5. The van der Waals surface area contributed by atoms with Crippen LogP contribution < -0.4 is 22.0 Å². The highest BCUT2D eigenvalue weighted by Gasteiger charge is 2.69. The van der Waals surface area contributed by atoms with Crippen molar-refractivity contribution in [3.8, 4) is 23.0 Å². The zero-order valence-electron chi connectivity index (χ0n) is 39.7. The molecule has 3 unspecified atom stereocenters. The van der Waals surface area contributed by atoms with Crippen molar-refractivity contribution in [2.45, 2.75) is 88.3 Å². The molecule has 442 valence electrons. The molecule has 0 aromatic heterocycles. The molecular weight excluding hydrogens is 1300 g/mol. The van der Waals surface area contributed by atoms with E-state index < -0.39 is 65.0 Å². The number of benzene rings is 4. The molecule has 4 aromatic carbocycles. The third-order valence-electron chi connectivity index (χ3n) is 9.37. The quantitative estimate of drug-likeness (QED) is 0.106. The van der Waals surface area contributed by atoms with E-state index in [2.05, 4.69) is 53.9 Å². The van der Waals surface area contributed by atoms with Crippen molar-refractivity contribution < 1.29 is 104 Å². The van der Waals surface area contributed by atoms with Crippen molar-refractivity contribution in [1.82, 2.24) is 10.2 Å². The number of halogens is 22. The highest BCUT2D eigenvalue weighted by atomic mass is 79.9. The number of nitrogens with one attached hydrogen (secondary N) is 1. The molecule has 0 spiro atoms. The first-order valence-corrected chi connectivity index (χ1v) is 30.8. The van der Waals surface area contributed by atoms with Crippen molar-refractivity contribution in [1.29, 1.82) is 0 Å². The topological polar surface area (TPSA) is 86.3 Å². The Bertz CT molecular complexity index is 2510. The van der Waals surface area contributed by atoms with Crippen LogP contribution in [0.4, 0.5) is 77.7 Å². The van der Waals surface area contributed by atoms with Crippen LogP contribution in [0.1, 0.15) is 104 Å². The molecular formula is C42H50Br2F20N2O6S4. The molecule has 0 radical (unpaired) electrons. The lowest BCUT2D eigenvalue weighted by atomic mass is 10.0. The van der Waals surface area contributed by atoms with Crippen LogP contribution in [0.25, 0.3) is 0 Å². The van der Waals surface area contributed by atoms with Crippen LogP contribution >= 0.6 is 73.9 Å². The highest BCUT2D eigenvalue weighted by Crippen LogP contribution is 2.99. The van der Waals surface area contributed by atoms with Gasteiger partial charge < -0.3 is 26.9 Å². The van der Waals surface area contributed by atoms with Gasteiger partial charge in [0.15, 0.2) is 0 Å². The third kappa shape index (κ3) is 32.7. The number of carbonyl (C=O) groups is 2. The van der Waals surface area contributed by atoms with E-state index in [0.29, 0.717) is 36.1 Å². The first kappa shape index (κ1) is 68.1. The molecule has 1 N–H and O–H groups in total. The SMILES string of the molecule is CC(Br)c1ccc(OS(F)(F)(F)(F)F)cc1.CC(Br)c1ccc(OS(F)(F)(F)(F)F)cc1.CC(c1ccc(OS(F)(F)(F)(F)F)cc1)N1CCCCC1=O.CCc1ccc(OS(F)(F)(F)(F)F)cc1.O=C1CCCCN1. The molecule has 2 amide bonds. The predicted molar refractivity (Wildman–Crippen MR) is 266 cm³/mol. The average Bonchev–Trinajstić information content (AvgIpc) is 3.21. The fourth-order valence-corrected chi connectivity index (χ4v) is 8.54. The smallest absolute Gasteiger partial charge is 0.356 e. The molecule has 0 aliphatic carbocycles. The van der Waals surface area contributed by atoms with Gasteiger partial charge in [-0.05, 0) is 124 Å². The number of likely N-dealkylation sites (tertiary alicyclic amines) is 1. The minimum atomic E-state index is -9.95. The van der Waals surface area contributed by atoms with Crippen LogP contribution in [0.3, 0.4) is 0 Å². The lowest BCUT2D eigenvalue weighted by molar-refractivity contribution is -0.135. The van der Waals surface area contributed by atoms with Gasteiger partial charge in [0.05, 0.1) is 6.04 Å². The first-order chi connectivity index (χ1) is 33.4. The number of aryl methyl sites for hydroxylation is 1. The lowest BCUT2D eigenvalue weighted by Gasteiger charge is -2.39. The molecule has 0 saturated carbocycles. The number of nitrogens with zero attached hydrogens (tertiary/aromatic N) is 1. The van der Waals surface area contributed by atoms with Gasteiger partial charge in [-0.25, -0.2) is 0 Å². The molecule has 2 fully saturated rings. The van der Waals surface area contributed by atoms with E-state index >= 15 is 0 Å². The summed E-state index contributed by atoms with van der Waals surface area (Å²) in [7, 11) is -39.5. The second kappa shape index (κ2) is 21.2. The van der Waals surface area contributed by atoms with Crippen molar-refractivity contribution in [3.63, 3.8) is 0 Å². The van der Waals surface area contributed by atoms with Gasteiger partial charge in [0.1, 0.15) is 23.0 Å². The maximum atomic E-state index is 12.2. The van der Waals surface area contributed by atoms with E-state index in [9.17, 15) is 87.3 Å². The average molecular weight is 1350 g/mol. The van der Waals surface area contributed by atoms with E-state index in [1.807, 2.05) is 0 Å². The molecule has 0 bridgehead atoms. The highest BCUT2D eigenvalue weighted by molar-refractivity contribution is 9.09. The second-order valence-electron chi connectivity index (χ2n) is 16.4. The summed E-state index contributed by atoms with van der Waals surface area (Å²) in [4.78, 5) is 23.6. The van der Waals surface area contributed by atoms with E-state index in [-0.39, 0.29) is 27.5 Å². The summed E-state index contributed by atoms with van der Waals surface area (Å²) in [5.74, 6) is -3.52. The Kier molecular flexibility index (Phi) is 19.0. The largest absolute Gasteiger partial charge is 0.435 e. The van der Waals surface area contributed by atoms with Crippen LogP contribution in [0.5, 0.6) is 23.0 Å². The minimum absolute atomic E-state index is 0.0221. The Labute approximate surface area is 441 Å². The molecule has 3 atom stereocenters. The standard InChI is InChI=1S/C13H16F5NO2S.2C8H8BrF5OS.C8H9F5OS.C5H9NO/c1-10(19-9-3-2-4-13(19)20)11-5-7-12(8-6-11)21-22(14,15,16,17)18;2*1-6(9)7-2-4-8(5-3-7)15-16(10,11,12,13)14;1-2-7-3-5-8(6-4-7)14-15(9,10,11,12)13;7-5-3-1-2-4-6-5/h5-8,10H,2-4,9H2,1H3;2*2-6H,1H3;3-6H,2H2,1H3;1-4H2,(H,6,7). The maximum absolute atomic E-state index is 12.2. The van der Waals surface area contributed by atoms with Gasteiger partial charge in [-0.2, -0.15) is 0 Å². The lowest BCUT2D eigenvalue weighted by Crippen LogP contribution is -2.37. The van der Waals surface area contributed by atoms with E-state index in [0.717, 1.165) is 92.7 Å². The van der Waals surface area contributed by atoms with Crippen molar-refractivity contribution in [2.24, 2.45) is 0 Å². The van der Waals surface area contributed by atoms with Crippen LogP contribution in [-0.2, 0) is 16.0 Å². The van der Waals surface area contributed by atoms with Crippen LogP contribution in [0.15, 0.2) is 97.1 Å². The van der Waals surface area contributed by atoms with Gasteiger partial charge in [0.25, 0.3) is 0 Å². The fourth-order valence-electron chi connectivity index (χ4n) is 6.03. The molecule has 8 nitrogen and oxygen atoms in total. The summed E-state index contributed by atoms with van der Waals surface area (Å²) < 4.78 is 251. The minimum Gasteiger partial charge on any atom is -0.356 e. The summed E-state index contributed by atoms with van der Waals surface area (Å²) in [6.45, 7) is 8.49. The molecule has 76 heavy (non-hydrogen) atoms. The van der Waals surface area contributed by atoms with Crippen LogP contribution in [0, 0.1) is 0 Å². The Hall–Kier alpha value is -4.02. The van der Waals surface area contributed by atoms with Crippen LogP contribution in [-0.4, -0.2) is 29.8 Å². The number of alkyl halides is 2. The summed E-state index contributed by atoms with van der Waals surface area (Å²) in [6.07, 6.45) is 5.70. The number of piperidine rings is 2. The zero-order valence-corrected chi connectivity index (χ0v) is 46.1. The second-order valence-corrected chi connectivity index (χ2v) is 27.0. The Balaban J connectivity index is 0.000000335. The summed E-state index contributed by atoms with van der Waals surface area (Å²) in [6, 6.07) is 16.7. The van der Waals surface area contributed by atoms with Crippen molar-refractivity contribution in [2.75, 3.05) is 13.1 Å². The van der Waals surface area contributed by atoms with E-state index in [1.165, 1.54) is 48.5 Å². The number of hydrogen-bond acceptors (Lipinski definition) is 6. The molecule has 2 saturated heterocycles. The molecule has 2 aliphatic heterocycles. The number of amides is 2. The van der Waals surface area contributed by atoms with Gasteiger partial charge >= 0.3 is 42.0 Å². The van der Waals surface area contributed by atoms with Gasteiger partial charge in [-0.1, -0.05) is 165 Å². The Morgan fingerprint density at radius 2 is 0.763 bits per heavy atom. The van der Waals surface area contributed by atoms with Gasteiger partial charge in [0, 0.05) is 35.6 Å². The molecule has 4 aromatic rings. The third-order valence-corrected chi connectivity index (χ3v) is 12.5. The van der Waals surface area contributed by atoms with Crippen LogP contribution in [0.2, 0.25) is 0 Å². The summed E-state index contributed by atoms with van der Waals surface area (Å²) in [5.41, 5.74) is 2.62. The Morgan fingerprint density at radius 1 is 0.461 bits per heavy atom. The number of hydrogen-bond donors (Lipinski definition) is 1. The molecule has 2 heterocycles. The van der Waals surface area contributed by atoms with Crippen molar-refractivity contribution >= 4 is 85.7 Å². The predicted octanol–water partition coefficient (Wildman–Crippen LogP) is 21.9. The summed E-state index contributed by atoms with van der Waals surface area (Å²) in [5, 5.41) is 2.74. The van der Waals surface area contributed by atoms with Crippen molar-refractivity contribution in [3.05, 3.63) is 119 Å². The molecule has 6 rings (SSSR count). The van der Waals surface area contributed by atoms with E-state index in [1.54, 1.807) is 32.6 Å². The number of rotatable bonds is 13. The monoisotopic (exact) mass is 1340 g/mol. The molecule has 2 aliphatic rings. The van der Waals surface area contributed by atoms with E-state index in [4.69, 9.17) is 0 Å². The van der Waals surface area contributed by atoms with Gasteiger partial charge in [0.2, 0.25) is 11.8 Å². The number of carbonyl (C=O) groups excluding carboxylic acids is 2. The van der Waals surface area contributed by atoms with Gasteiger partial charge in [-0.3, -0.25) is 9.59 Å². The molecule has 34 heteroatoms. The maximum Gasteiger partial charge on any atom is 0.435 e.